The molecule has 1 nitrogen and oxygen atoms in total. The van der Waals surface area contributed by atoms with Gasteiger partial charge in [0, 0.05) is 0 Å². The van der Waals surface area contributed by atoms with Crippen molar-refractivity contribution in [3.63, 3.8) is 0 Å². The van der Waals surface area contributed by atoms with Gasteiger partial charge < -0.3 is 4.74 Å². The van der Waals surface area contributed by atoms with Crippen LogP contribution in [0, 0.1) is 6.92 Å². The maximum Gasteiger partial charge on any atom is 0.127 e. The largest absolute Gasteiger partial charge is 0.457 e. The summed E-state index contributed by atoms with van der Waals surface area (Å²) < 4.78 is 5.62. The quantitative estimate of drug-likeness (QED) is 0.609. The fraction of sp³-hybridized carbons (Fsp3) is 0. The SMILES string of the molecule is [Br][Zn][Br].[CH2]c1cccc(Oc2ccccc2)c1. The van der Waals surface area contributed by atoms with Gasteiger partial charge in [0.25, 0.3) is 0 Å². The Morgan fingerprint density at radius 1 is 0.882 bits per heavy atom. The minimum Gasteiger partial charge on any atom is -0.457 e. The van der Waals surface area contributed by atoms with Gasteiger partial charge in [-0.3, -0.25) is 0 Å². The summed E-state index contributed by atoms with van der Waals surface area (Å²) in [7, 11) is 0. The molecule has 0 aliphatic heterocycles. The van der Waals surface area contributed by atoms with Crippen LogP contribution < -0.4 is 4.74 Å². The van der Waals surface area contributed by atoms with Gasteiger partial charge >= 0.3 is 40.5 Å². The van der Waals surface area contributed by atoms with E-state index in [1.807, 2.05) is 54.6 Å². The molecule has 0 spiro atoms. The number of hydrogen-bond donors (Lipinski definition) is 0. The van der Waals surface area contributed by atoms with E-state index in [-0.39, 0.29) is 13.2 Å². The normalized spacial score (nSPS) is 8.65. The van der Waals surface area contributed by atoms with Crippen LogP contribution in [0.4, 0.5) is 0 Å². The summed E-state index contributed by atoms with van der Waals surface area (Å²) >= 11 is 6.25. The molecule has 2 aromatic carbocycles. The van der Waals surface area contributed by atoms with Crippen LogP contribution in [0.1, 0.15) is 5.56 Å². The summed E-state index contributed by atoms with van der Waals surface area (Å²) in [5.74, 6) is 1.67. The predicted molar refractivity (Wildman–Crippen MR) is 75.3 cm³/mol. The summed E-state index contributed by atoms with van der Waals surface area (Å²) in [4.78, 5) is 0. The Bertz CT molecular complexity index is 434. The predicted octanol–water partition coefficient (Wildman–Crippen LogP) is 5.35. The van der Waals surface area contributed by atoms with E-state index in [2.05, 4.69) is 34.2 Å². The van der Waals surface area contributed by atoms with Crippen LogP contribution in [0.2, 0.25) is 0 Å². The number of ether oxygens (including phenoxy) is 1. The zero-order chi connectivity index (χ0) is 12.5. The van der Waals surface area contributed by atoms with Gasteiger partial charge in [0.2, 0.25) is 0 Å². The number of rotatable bonds is 2. The number of para-hydroxylation sites is 1. The van der Waals surface area contributed by atoms with Gasteiger partial charge in [-0.1, -0.05) is 30.3 Å². The third-order valence-corrected chi connectivity index (χ3v) is 1.88. The van der Waals surface area contributed by atoms with E-state index in [4.69, 9.17) is 4.74 Å². The van der Waals surface area contributed by atoms with Crippen molar-refractivity contribution in [1.29, 1.82) is 0 Å². The zero-order valence-corrected chi connectivity index (χ0v) is 15.4. The third-order valence-electron chi connectivity index (χ3n) is 1.88. The van der Waals surface area contributed by atoms with Gasteiger partial charge in [-0.15, -0.1) is 0 Å². The number of hydrogen-bond acceptors (Lipinski definition) is 1. The molecule has 0 aliphatic carbocycles. The number of benzene rings is 2. The van der Waals surface area contributed by atoms with E-state index in [9.17, 15) is 0 Å². The molecule has 0 fully saturated rings. The molecule has 0 unspecified atom stereocenters. The van der Waals surface area contributed by atoms with Crippen LogP contribution in [-0.4, -0.2) is 0 Å². The maximum absolute atomic E-state index is 5.62. The Kier molecular flexibility index (Phi) is 7.75. The van der Waals surface area contributed by atoms with E-state index in [0.717, 1.165) is 17.1 Å². The first-order valence-corrected chi connectivity index (χ1v) is 18.9. The minimum absolute atomic E-state index is 0.250. The Hall–Kier alpha value is -0.177. The van der Waals surface area contributed by atoms with Gasteiger partial charge in [0.15, 0.2) is 0 Å². The van der Waals surface area contributed by atoms with Gasteiger partial charge in [0.1, 0.15) is 11.5 Å². The van der Waals surface area contributed by atoms with Crippen molar-refractivity contribution in [3.05, 3.63) is 67.1 Å². The van der Waals surface area contributed by atoms with E-state index in [0.29, 0.717) is 0 Å². The first-order chi connectivity index (χ1) is 8.26. The molecule has 0 aliphatic rings. The Morgan fingerprint density at radius 3 is 2.06 bits per heavy atom. The molecule has 0 saturated heterocycles. The van der Waals surface area contributed by atoms with Crippen LogP contribution in [0.25, 0.3) is 0 Å². The van der Waals surface area contributed by atoms with E-state index in [1.165, 1.54) is 0 Å². The van der Waals surface area contributed by atoms with E-state index in [1.54, 1.807) is 0 Å². The molecule has 0 heterocycles. The van der Waals surface area contributed by atoms with Crippen molar-refractivity contribution in [1.82, 2.24) is 0 Å². The zero-order valence-electron chi connectivity index (χ0n) is 9.27. The standard InChI is InChI=1S/C13H11O.2BrH.Zn/c1-11-6-5-9-13(10-11)14-12-7-3-2-4-8-12;;;/h2-10H,1H2;2*1H;/q;;;+2/p-2. The fourth-order valence-electron chi connectivity index (χ4n) is 1.23. The Labute approximate surface area is 123 Å². The molecule has 2 aromatic rings. The van der Waals surface area contributed by atoms with Gasteiger partial charge in [-0.25, -0.2) is 0 Å². The topological polar surface area (TPSA) is 9.23 Å². The second kappa shape index (κ2) is 8.85. The summed E-state index contributed by atoms with van der Waals surface area (Å²) in [5, 5.41) is 0. The van der Waals surface area contributed by atoms with Crippen molar-refractivity contribution >= 4 is 27.2 Å². The second-order valence-corrected chi connectivity index (χ2v) is 17.2. The Morgan fingerprint density at radius 2 is 1.47 bits per heavy atom. The number of halogens is 2. The van der Waals surface area contributed by atoms with Crippen LogP contribution in [0.3, 0.4) is 0 Å². The minimum atomic E-state index is -0.250. The van der Waals surface area contributed by atoms with Crippen molar-refractivity contribution < 1.29 is 17.9 Å². The van der Waals surface area contributed by atoms with Crippen molar-refractivity contribution in [2.45, 2.75) is 0 Å². The average Bonchev–Trinajstić information content (AvgIpc) is 2.31. The van der Waals surface area contributed by atoms with Crippen molar-refractivity contribution in [2.75, 3.05) is 0 Å². The third kappa shape index (κ3) is 6.35. The second-order valence-electron chi connectivity index (χ2n) is 3.16. The van der Waals surface area contributed by atoms with Crippen molar-refractivity contribution in [2.24, 2.45) is 0 Å². The van der Waals surface area contributed by atoms with Gasteiger partial charge in [0.05, 0.1) is 0 Å². The average molecular weight is 408 g/mol. The molecule has 0 N–H and O–H groups in total. The smallest absolute Gasteiger partial charge is 0.127 e. The monoisotopic (exact) mass is 405 g/mol. The molecule has 85 valence electrons. The summed E-state index contributed by atoms with van der Waals surface area (Å²) in [6, 6.07) is 17.4. The fourth-order valence-corrected chi connectivity index (χ4v) is 1.23. The molecule has 1 radical (unpaired) electrons. The maximum atomic E-state index is 5.62. The van der Waals surface area contributed by atoms with Crippen molar-refractivity contribution in [3.8, 4) is 11.5 Å². The molecule has 17 heavy (non-hydrogen) atoms. The van der Waals surface area contributed by atoms with Gasteiger partial charge in [-0.2, -0.15) is 0 Å². The molecular formula is C13H11Br2OZn. The first kappa shape index (κ1) is 14.9. The summed E-state index contributed by atoms with van der Waals surface area (Å²) in [6.45, 7) is 3.84. The van der Waals surface area contributed by atoms with E-state index < -0.39 is 0 Å². The summed E-state index contributed by atoms with van der Waals surface area (Å²) in [6.07, 6.45) is 0. The van der Waals surface area contributed by atoms with Crippen LogP contribution in [0.5, 0.6) is 11.5 Å². The van der Waals surface area contributed by atoms with E-state index >= 15 is 0 Å². The van der Waals surface area contributed by atoms with Crippen LogP contribution in [0.15, 0.2) is 54.6 Å². The molecule has 0 saturated carbocycles. The molecule has 0 atom stereocenters. The molecule has 4 heteroatoms. The molecule has 0 aromatic heterocycles. The van der Waals surface area contributed by atoms with Crippen LogP contribution in [-0.2, 0) is 13.2 Å². The van der Waals surface area contributed by atoms with Gasteiger partial charge in [-0.05, 0) is 36.8 Å². The Balaban J connectivity index is 0.000000437. The molecule has 0 amide bonds. The first-order valence-electron chi connectivity index (χ1n) is 5.03. The summed E-state index contributed by atoms with van der Waals surface area (Å²) in [5.41, 5.74) is 0.957. The molecular weight excluding hydrogens is 397 g/mol. The molecule has 0 bridgehead atoms. The molecule has 2 rings (SSSR count). The van der Waals surface area contributed by atoms with Crippen LogP contribution >= 0.6 is 27.2 Å².